The van der Waals surface area contributed by atoms with Crippen molar-refractivity contribution in [3.05, 3.63) is 60.6 Å². The van der Waals surface area contributed by atoms with Crippen molar-refractivity contribution in [1.82, 2.24) is 19.7 Å². The maximum absolute atomic E-state index is 12.9. The smallest absolute Gasteiger partial charge is 0.328 e. The number of nitrogens with one attached hydrogen (secondary N) is 1. The number of anilines is 2. The first-order valence-corrected chi connectivity index (χ1v) is 10.4. The van der Waals surface area contributed by atoms with Crippen LogP contribution in [0.25, 0.3) is 11.1 Å². The first-order chi connectivity index (χ1) is 16.4. The summed E-state index contributed by atoms with van der Waals surface area (Å²) in [6.07, 6.45) is 6.91. The molecule has 0 atom stereocenters. The van der Waals surface area contributed by atoms with Gasteiger partial charge in [0.05, 0.1) is 18.5 Å². The van der Waals surface area contributed by atoms with Crippen LogP contribution in [0.4, 0.5) is 16.4 Å². The van der Waals surface area contributed by atoms with Crippen molar-refractivity contribution in [1.29, 1.82) is 5.26 Å². The van der Waals surface area contributed by atoms with Gasteiger partial charge in [-0.2, -0.15) is 10.4 Å². The molecule has 11 nitrogen and oxygen atoms in total. The molecule has 4 rings (SSSR count). The Morgan fingerprint density at radius 3 is 2.71 bits per heavy atom. The van der Waals surface area contributed by atoms with Gasteiger partial charge in [-0.1, -0.05) is 0 Å². The maximum atomic E-state index is 12.9. The number of rotatable bonds is 6. The topological polar surface area (TPSA) is 127 Å². The quantitative estimate of drug-likeness (QED) is 0.588. The fourth-order valence-electron chi connectivity index (χ4n) is 3.24. The summed E-state index contributed by atoms with van der Waals surface area (Å²) in [6, 6.07) is 6.61. The van der Waals surface area contributed by atoms with E-state index in [1.165, 1.54) is 29.7 Å². The molecular weight excluding hydrogens is 438 g/mol. The maximum Gasteiger partial charge on any atom is 0.328 e. The highest BCUT2D eigenvalue weighted by atomic mass is 16.7. The molecule has 0 saturated heterocycles. The zero-order valence-corrected chi connectivity index (χ0v) is 19.1. The van der Waals surface area contributed by atoms with Gasteiger partial charge in [-0.3, -0.25) is 14.9 Å². The summed E-state index contributed by atoms with van der Waals surface area (Å²) in [5.74, 6) is 0.951. The van der Waals surface area contributed by atoms with E-state index in [1.54, 1.807) is 24.0 Å². The highest BCUT2D eigenvalue weighted by Gasteiger charge is 2.25. The molecule has 1 N–H and O–H groups in total. The Morgan fingerprint density at radius 2 is 2.06 bits per heavy atom. The molecular formula is C23H23N7O4. The fraction of sp³-hybridized carbons (Fsp3) is 0.261. The summed E-state index contributed by atoms with van der Waals surface area (Å²) >= 11 is 0. The van der Waals surface area contributed by atoms with Crippen LogP contribution in [-0.2, 0) is 16.5 Å². The number of ether oxygens (including phenoxy) is 3. The van der Waals surface area contributed by atoms with Gasteiger partial charge in [0.15, 0.2) is 0 Å². The number of pyridine rings is 2. The zero-order valence-electron chi connectivity index (χ0n) is 19.1. The summed E-state index contributed by atoms with van der Waals surface area (Å²) < 4.78 is 18.3. The normalized spacial score (nSPS) is 12.7. The van der Waals surface area contributed by atoms with Crippen molar-refractivity contribution in [2.24, 2.45) is 7.05 Å². The lowest BCUT2D eigenvalue weighted by Gasteiger charge is -2.20. The molecule has 3 aromatic heterocycles. The molecule has 174 valence electrons. The van der Waals surface area contributed by atoms with E-state index < -0.39 is 12.3 Å². The fourth-order valence-corrected chi connectivity index (χ4v) is 3.24. The first kappa shape index (κ1) is 22.6. The van der Waals surface area contributed by atoms with E-state index in [4.69, 9.17) is 14.2 Å². The van der Waals surface area contributed by atoms with Crippen molar-refractivity contribution < 1.29 is 19.0 Å². The summed E-state index contributed by atoms with van der Waals surface area (Å²) in [5.41, 5.74) is 2.38. The van der Waals surface area contributed by atoms with Gasteiger partial charge in [-0.05, 0) is 26.0 Å². The highest BCUT2D eigenvalue weighted by molar-refractivity contribution is 6.00. The molecule has 2 amide bonds. The lowest BCUT2D eigenvalue weighted by molar-refractivity contribution is -0.0273. The molecule has 1 aliphatic rings. The monoisotopic (exact) mass is 461 g/mol. The minimum atomic E-state index is -0.748. The summed E-state index contributed by atoms with van der Waals surface area (Å²) in [7, 11) is 3.40. The number of nitriles is 1. The van der Waals surface area contributed by atoms with Crippen LogP contribution in [0.15, 0.2) is 49.3 Å². The molecule has 0 bridgehead atoms. The van der Waals surface area contributed by atoms with Crippen LogP contribution < -0.4 is 15.0 Å². The van der Waals surface area contributed by atoms with Gasteiger partial charge in [0.25, 0.3) is 6.29 Å². The molecule has 11 heteroatoms. The number of aromatic nitrogens is 4. The summed E-state index contributed by atoms with van der Waals surface area (Å²) in [4.78, 5) is 23.0. The molecule has 0 unspecified atom stereocenters. The Kier molecular flexibility index (Phi) is 6.31. The molecule has 0 radical (unpaired) electrons. The second-order valence-electron chi connectivity index (χ2n) is 7.71. The minimum absolute atomic E-state index is 0.142. The largest absolute Gasteiger partial charge is 0.489 e. The van der Waals surface area contributed by atoms with Gasteiger partial charge in [0, 0.05) is 37.5 Å². The summed E-state index contributed by atoms with van der Waals surface area (Å²) in [5, 5.41) is 16.2. The van der Waals surface area contributed by atoms with Crippen molar-refractivity contribution >= 4 is 17.7 Å². The molecule has 0 fully saturated rings. The van der Waals surface area contributed by atoms with Gasteiger partial charge in [0.1, 0.15) is 47.2 Å². The van der Waals surface area contributed by atoms with Crippen molar-refractivity contribution in [3.63, 3.8) is 0 Å². The number of hydrogen-bond donors (Lipinski definition) is 1. The highest BCUT2D eigenvalue weighted by Crippen LogP contribution is 2.33. The van der Waals surface area contributed by atoms with E-state index in [0.717, 1.165) is 11.1 Å². The van der Waals surface area contributed by atoms with Crippen LogP contribution in [0, 0.1) is 11.3 Å². The Morgan fingerprint density at radius 1 is 1.29 bits per heavy atom. The number of aryl methyl sites for hydroxylation is 1. The van der Waals surface area contributed by atoms with Crippen LogP contribution in [0.2, 0.25) is 0 Å². The molecule has 0 saturated carbocycles. The molecule has 0 spiro atoms. The SMILES string of the molecule is CC(C)Oc1cc(NC(=O)N(C)c2ccc(-c3cnn(C)c3)c(C3OC=CO3)n2)ncc1C#N. The lowest BCUT2D eigenvalue weighted by atomic mass is 10.1. The second-order valence-corrected chi connectivity index (χ2v) is 7.71. The van der Waals surface area contributed by atoms with E-state index >= 15 is 0 Å². The predicted octanol–water partition coefficient (Wildman–Crippen LogP) is 3.72. The van der Waals surface area contributed by atoms with Crippen LogP contribution in [-0.4, -0.2) is 38.9 Å². The van der Waals surface area contributed by atoms with Crippen molar-refractivity contribution in [3.8, 4) is 22.9 Å². The predicted molar refractivity (Wildman–Crippen MR) is 123 cm³/mol. The standard InChI is InChI=1S/C23H23N7O4/c1-14(2)34-18-9-19(25-11-15(18)10-24)27-23(31)30(4)20-6-5-17(16-12-26-29(3)13-16)21(28-20)22-32-7-8-33-22/h5-9,11-14,22H,1-4H3,(H,25,27,31). The van der Waals surface area contributed by atoms with E-state index in [-0.39, 0.29) is 17.5 Å². The van der Waals surface area contributed by atoms with Crippen LogP contribution in [0.5, 0.6) is 5.75 Å². The molecule has 34 heavy (non-hydrogen) atoms. The molecule has 0 aliphatic carbocycles. The van der Waals surface area contributed by atoms with Gasteiger partial charge in [-0.15, -0.1) is 0 Å². The van der Waals surface area contributed by atoms with E-state index in [9.17, 15) is 10.1 Å². The van der Waals surface area contributed by atoms with Crippen molar-refractivity contribution in [2.75, 3.05) is 17.3 Å². The van der Waals surface area contributed by atoms with Crippen LogP contribution >= 0.6 is 0 Å². The third kappa shape index (κ3) is 4.75. The van der Waals surface area contributed by atoms with E-state index in [1.807, 2.05) is 39.2 Å². The Balaban J connectivity index is 1.59. The molecule has 3 aromatic rings. The lowest BCUT2D eigenvalue weighted by Crippen LogP contribution is -2.32. The number of carbonyl (C=O) groups excluding carboxylic acids is 1. The van der Waals surface area contributed by atoms with E-state index in [0.29, 0.717) is 17.3 Å². The van der Waals surface area contributed by atoms with Crippen molar-refractivity contribution in [2.45, 2.75) is 26.2 Å². The second kappa shape index (κ2) is 9.50. The molecule has 4 heterocycles. The summed E-state index contributed by atoms with van der Waals surface area (Å²) in [6.45, 7) is 3.69. The van der Waals surface area contributed by atoms with Gasteiger partial charge < -0.3 is 14.2 Å². The van der Waals surface area contributed by atoms with Gasteiger partial charge >= 0.3 is 6.03 Å². The minimum Gasteiger partial charge on any atom is -0.489 e. The van der Waals surface area contributed by atoms with Gasteiger partial charge in [-0.25, -0.2) is 14.8 Å². The number of amides is 2. The Hall–Kier alpha value is -4.59. The number of carbonyl (C=O) groups is 1. The number of nitrogens with zero attached hydrogens (tertiary/aromatic N) is 6. The zero-order chi connectivity index (χ0) is 24.2. The third-order valence-electron chi connectivity index (χ3n) is 4.84. The average Bonchev–Trinajstić information content (AvgIpc) is 3.50. The first-order valence-electron chi connectivity index (χ1n) is 10.4. The molecule has 0 aromatic carbocycles. The van der Waals surface area contributed by atoms with Gasteiger partial charge in [0.2, 0.25) is 0 Å². The van der Waals surface area contributed by atoms with Crippen LogP contribution in [0.1, 0.15) is 31.4 Å². The Labute approximate surface area is 196 Å². The van der Waals surface area contributed by atoms with E-state index in [2.05, 4.69) is 20.4 Å². The number of urea groups is 1. The Bertz CT molecular complexity index is 1270. The average molecular weight is 461 g/mol. The molecule has 1 aliphatic heterocycles. The van der Waals surface area contributed by atoms with Crippen LogP contribution in [0.3, 0.4) is 0 Å². The number of hydrogen-bond acceptors (Lipinski definition) is 8. The third-order valence-corrected chi connectivity index (χ3v) is 4.84.